The van der Waals surface area contributed by atoms with Crippen LogP contribution in [0.15, 0.2) is 24.3 Å². The third-order valence-corrected chi connectivity index (χ3v) is 3.26. The maximum Gasteiger partial charge on any atom is 0.122 e. The van der Waals surface area contributed by atoms with Gasteiger partial charge in [-0.15, -0.1) is 0 Å². The first-order chi connectivity index (χ1) is 8.35. The molecule has 0 aromatic heterocycles. The van der Waals surface area contributed by atoms with Crippen molar-refractivity contribution in [3.8, 4) is 5.75 Å². The molecule has 4 nitrogen and oxygen atoms in total. The highest BCUT2D eigenvalue weighted by Gasteiger charge is 2.25. The number of para-hydroxylation sites is 1. The first kappa shape index (κ1) is 12.4. The third-order valence-electron chi connectivity index (χ3n) is 3.26. The summed E-state index contributed by atoms with van der Waals surface area (Å²) in [6, 6.07) is 8.17. The average molecular weight is 236 g/mol. The lowest BCUT2D eigenvalue weighted by molar-refractivity contribution is 0.0782. The van der Waals surface area contributed by atoms with Crippen LogP contribution in [-0.4, -0.2) is 25.9 Å². The van der Waals surface area contributed by atoms with Crippen molar-refractivity contribution in [1.82, 2.24) is 5.43 Å². The van der Waals surface area contributed by atoms with Gasteiger partial charge in [-0.3, -0.25) is 11.3 Å². The first-order valence-electron chi connectivity index (χ1n) is 6.04. The highest BCUT2D eigenvalue weighted by molar-refractivity contribution is 5.34. The van der Waals surface area contributed by atoms with Gasteiger partial charge in [-0.05, 0) is 30.9 Å². The summed E-state index contributed by atoms with van der Waals surface area (Å²) >= 11 is 0. The van der Waals surface area contributed by atoms with Gasteiger partial charge in [-0.25, -0.2) is 0 Å². The molecular weight excluding hydrogens is 216 g/mol. The molecule has 0 radical (unpaired) electrons. The van der Waals surface area contributed by atoms with Gasteiger partial charge < -0.3 is 9.47 Å². The van der Waals surface area contributed by atoms with Crippen LogP contribution in [0.3, 0.4) is 0 Å². The largest absolute Gasteiger partial charge is 0.496 e. The number of benzene rings is 1. The molecule has 1 aromatic carbocycles. The van der Waals surface area contributed by atoms with E-state index in [1.54, 1.807) is 7.11 Å². The highest BCUT2D eigenvalue weighted by atomic mass is 16.5. The summed E-state index contributed by atoms with van der Waals surface area (Å²) in [5.41, 5.74) is 4.02. The molecule has 0 spiro atoms. The molecule has 1 aliphatic heterocycles. The van der Waals surface area contributed by atoms with Crippen molar-refractivity contribution in [2.24, 2.45) is 5.84 Å². The molecule has 1 saturated heterocycles. The van der Waals surface area contributed by atoms with Crippen molar-refractivity contribution >= 4 is 0 Å². The third kappa shape index (κ3) is 2.97. The van der Waals surface area contributed by atoms with Crippen LogP contribution in [0.2, 0.25) is 0 Å². The minimum atomic E-state index is 0.147. The predicted molar refractivity (Wildman–Crippen MR) is 66.8 cm³/mol. The Kier molecular flexibility index (Phi) is 4.36. The number of rotatable bonds is 5. The Morgan fingerprint density at radius 1 is 1.53 bits per heavy atom. The second kappa shape index (κ2) is 6.00. The van der Waals surface area contributed by atoms with Gasteiger partial charge in [0.05, 0.1) is 19.3 Å². The summed E-state index contributed by atoms with van der Waals surface area (Å²) in [6.45, 7) is 0.842. The molecule has 0 saturated carbocycles. The molecule has 1 aromatic rings. The fourth-order valence-electron chi connectivity index (χ4n) is 2.33. The minimum absolute atomic E-state index is 0.147. The zero-order chi connectivity index (χ0) is 12.1. The van der Waals surface area contributed by atoms with Gasteiger partial charge in [-0.1, -0.05) is 18.2 Å². The highest BCUT2D eigenvalue weighted by Crippen LogP contribution is 2.23. The summed E-state index contributed by atoms with van der Waals surface area (Å²) in [7, 11) is 1.69. The van der Waals surface area contributed by atoms with Gasteiger partial charge in [0.1, 0.15) is 5.75 Å². The monoisotopic (exact) mass is 236 g/mol. The molecule has 3 N–H and O–H groups in total. The summed E-state index contributed by atoms with van der Waals surface area (Å²) in [4.78, 5) is 0. The summed E-state index contributed by atoms with van der Waals surface area (Å²) < 4.78 is 11.0. The number of ether oxygens (including phenoxy) is 2. The molecule has 2 atom stereocenters. The average Bonchev–Trinajstić information content (AvgIpc) is 2.90. The lowest BCUT2D eigenvalue weighted by Gasteiger charge is -2.22. The van der Waals surface area contributed by atoms with Crippen LogP contribution in [0, 0.1) is 0 Å². The van der Waals surface area contributed by atoms with Crippen molar-refractivity contribution < 1.29 is 9.47 Å². The summed E-state index contributed by atoms with van der Waals surface area (Å²) in [5.74, 6) is 6.53. The Hall–Kier alpha value is -1.10. The van der Waals surface area contributed by atoms with Crippen LogP contribution < -0.4 is 16.0 Å². The minimum Gasteiger partial charge on any atom is -0.496 e. The summed E-state index contributed by atoms with van der Waals surface area (Å²) in [6.07, 6.45) is 3.23. The van der Waals surface area contributed by atoms with Crippen LogP contribution in [0.1, 0.15) is 18.4 Å². The molecule has 17 heavy (non-hydrogen) atoms. The van der Waals surface area contributed by atoms with E-state index >= 15 is 0 Å². The number of nitrogens with one attached hydrogen (secondary N) is 1. The van der Waals surface area contributed by atoms with Crippen LogP contribution in [-0.2, 0) is 11.2 Å². The van der Waals surface area contributed by atoms with Crippen molar-refractivity contribution in [2.45, 2.75) is 31.4 Å². The summed E-state index contributed by atoms with van der Waals surface area (Å²) in [5, 5.41) is 0. The number of hydrogen-bond acceptors (Lipinski definition) is 4. The topological polar surface area (TPSA) is 56.5 Å². The molecule has 0 aliphatic carbocycles. The van der Waals surface area contributed by atoms with Crippen LogP contribution in [0.25, 0.3) is 0 Å². The Balaban J connectivity index is 2.06. The van der Waals surface area contributed by atoms with Gasteiger partial charge in [-0.2, -0.15) is 0 Å². The second-order valence-corrected chi connectivity index (χ2v) is 4.34. The predicted octanol–water partition coefficient (Wildman–Crippen LogP) is 1.25. The van der Waals surface area contributed by atoms with Gasteiger partial charge in [0.25, 0.3) is 0 Å². The molecule has 1 fully saturated rings. The lowest BCUT2D eigenvalue weighted by Crippen LogP contribution is -2.45. The van der Waals surface area contributed by atoms with E-state index in [1.165, 1.54) is 0 Å². The van der Waals surface area contributed by atoms with Crippen molar-refractivity contribution in [2.75, 3.05) is 13.7 Å². The van der Waals surface area contributed by atoms with Crippen LogP contribution in [0.5, 0.6) is 5.75 Å². The van der Waals surface area contributed by atoms with Gasteiger partial charge in [0, 0.05) is 6.61 Å². The SMILES string of the molecule is COc1ccccc1CC(NN)C1CCCO1. The van der Waals surface area contributed by atoms with Crippen molar-refractivity contribution in [3.63, 3.8) is 0 Å². The normalized spacial score (nSPS) is 21.4. The fraction of sp³-hybridized carbons (Fsp3) is 0.538. The molecule has 94 valence electrons. The number of nitrogens with two attached hydrogens (primary N) is 1. The van der Waals surface area contributed by atoms with E-state index in [0.29, 0.717) is 0 Å². The standard InChI is InChI=1S/C13H20N2O2/c1-16-12-6-3-2-5-10(12)9-11(15-14)13-7-4-8-17-13/h2-3,5-6,11,13,15H,4,7-9,14H2,1H3. The van der Waals surface area contributed by atoms with Gasteiger partial charge >= 0.3 is 0 Å². The van der Waals surface area contributed by atoms with Gasteiger partial charge in [0.2, 0.25) is 0 Å². The Bertz CT molecular complexity index is 351. The molecule has 1 heterocycles. The van der Waals surface area contributed by atoms with Crippen LogP contribution in [0.4, 0.5) is 0 Å². The quantitative estimate of drug-likeness (QED) is 0.597. The lowest BCUT2D eigenvalue weighted by atomic mass is 9.99. The second-order valence-electron chi connectivity index (χ2n) is 4.34. The first-order valence-corrected chi connectivity index (χ1v) is 6.04. The van der Waals surface area contributed by atoms with E-state index in [-0.39, 0.29) is 12.1 Å². The Labute approximate surface area is 102 Å². The maximum atomic E-state index is 5.67. The molecule has 2 unspecified atom stereocenters. The van der Waals surface area contributed by atoms with E-state index in [1.807, 2.05) is 18.2 Å². The van der Waals surface area contributed by atoms with E-state index < -0.39 is 0 Å². The zero-order valence-electron chi connectivity index (χ0n) is 10.2. The molecular formula is C13H20N2O2. The van der Waals surface area contributed by atoms with E-state index in [9.17, 15) is 0 Å². The van der Waals surface area contributed by atoms with E-state index in [0.717, 1.165) is 37.2 Å². The van der Waals surface area contributed by atoms with Crippen LogP contribution >= 0.6 is 0 Å². The van der Waals surface area contributed by atoms with E-state index in [4.69, 9.17) is 15.3 Å². The molecule has 2 rings (SSSR count). The molecule has 4 heteroatoms. The Morgan fingerprint density at radius 3 is 3.00 bits per heavy atom. The fourth-order valence-corrected chi connectivity index (χ4v) is 2.33. The van der Waals surface area contributed by atoms with E-state index in [2.05, 4.69) is 11.5 Å². The molecule has 0 amide bonds. The number of hydrazine groups is 1. The maximum absolute atomic E-state index is 5.67. The Morgan fingerprint density at radius 2 is 2.35 bits per heavy atom. The van der Waals surface area contributed by atoms with Crippen molar-refractivity contribution in [1.29, 1.82) is 0 Å². The molecule has 0 bridgehead atoms. The zero-order valence-corrected chi connectivity index (χ0v) is 10.2. The smallest absolute Gasteiger partial charge is 0.122 e. The number of hydrogen-bond donors (Lipinski definition) is 2. The number of methoxy groups -OCH3 is 1. The van der Waals surface area contributed by atoms with Gasteiger partial charge in [0.15, 0.2) is 0 Å². The molecule has 1 aliphatic rings. The van der Waals surface area contributed by atoms with Crippen molar-refractivity contribution in [3.05, 3.63) is 29.8 Å².